The number of hydrogen-bond donors (Lipinski definition) is 1. The fourth-order valence-corrected chi connectivity index (χ4v) is 3.79. The summed E-state index contributed by atoms with van der Waals surface area (Å²) in [5.74, 6) is 1.56. The highest BCUT2D eigenvalue weighted by Gasteiger charge is 2.41. The SMILES string of the molecule is C=CCN1C(=O)c2ccccc2NC1(C)c1ccc(OCCOc2ccccc2)cc1. The third kappa shape index (κ3) is 4.26. The van der Waals surface area contributed by atoms with Crippen molar-refractivity contribution < 1.29 is 14.3 Å². The second-order valence-corrected chi connectivity index (χ2v) is 7.48. The molecular formula is C26H26N2O3. The molecule has 1 atom stereocenters. The van der Waals surface area contributed by atoms with E-state index in [0.29, 0.717) is 25.3 Å². The number of rotatable bonds is 8. The van der Waals surface area contributed by atoms with Crippen molar-refractivity contribution in [2.45, 2.75) is 12.6 Å². The summed E-state index contributed by atoms with van der Waals surface area (Å²) in [6.45, 7) is 7.18. The summed E-state index contributed by atoms with van der Waals surface area (Å²) in [5, 5.41) is 3.54. The average molecular weight is 415 g/mol. The molecule has 0 aromatic heterocycles. The Labute approximate surface area is 182 Å². The van der Waals surface area contributed by atoms with Gasteiger partial charge in [0.15, 0.2) is 0 Å². The third-order valence-corrected chi connectivity index (χ3v) is 5.41. The molecule has 0 fully saturated rings. The van der Waals surface area contributed by atoms with Crippen molar-refractivity contribution in [3.63, 3.8) is 0 Å². The van der Waals surface area contributed by atoms with Crippen molar-refractivity contribution in [2.24, 2.45) is 0 Å². The Balaban J connectivity index is 1.46. The van der Waals surface area contributed by atoms with Gasteiger partial charge in [0, 0.05) is 12.2 Å². The number of benzene rings is 3. The quantitative estimate of drug-likeness (QED) is 0.413. The van der Waals surface area contributed by atoms with Gasteiger partial charge in [0.05, 0.1) is 5.56 Å². The monoisotopic (exact) mass is 414 g/mol. The molecule has 5 heteroatoms. The van der Waals surface area contributed by atoms with Gasteiger partial charge in [-0.1, -0.05) is 48.5 Å². The summed E-state index contributed by atoms with van der Waals surface area (Å²) in [7, 11) is 0. The van der Waals surface area contributed by atoms with Crippen molar-refractivity contribution in [1.82, 2.24) is 4.90 Å². The first kappa shape index (κ1) is 20.5. The number of para-hydroxylation sites is 2. The van der Waals surface area contributed by atoms with Crippen LogP contribution in [0.4, 0.5) is 5.69 Å². The molecule has 1 unspecified atom stereocenters. The zero-order valence-corrected chi connectivity index (χ0v) is 17.6. The van der Waals surface area contributed by atoms with Gasteiger partial charge in [-0.15, -0.1) is 6.58 Å². The van der Waals surface area contributed by atoms with Crippen LogP contribution in [0.3, 0.4) is 0 Å². The molecular weight excluding hydrogens is 388 g/mol. The lowest BCUT2D eigenvalue weighted by Gasteiger charge is -2.46. The molecule has 1 N–H and O–H groups in total. The van der Waals surface area contributed by atoms with Gasteiger partial charge in [-0.05, 0) is 48.9 Å². The molecule has 0 saturated carbocycles. The maximum atomic E-state index is 13.2. The lowest BCUT2D eigenvalue weighted by molar-refractivity contribution is 0.0572. The van der Waals surface area contributed by atoms with Crippen LogP contribution in [0.15, 0.2) is 91.5 Å². The van der Waals surface area contributed by atoms with Crippen molar-refractivity contribution in [3.05, 3.63) is 103 Å². The van der Waals surface area contributed by atoms with E-state index in [1.54, 1.807) is 11.0 Å². The molecule has 1 aliphatic rings. The van der Waals surface area contributed by atoms with Gasteiger partial charge in [-0.2, -0.15) is 0 Å². The number of amides is 1. The van der Waals surface area contributed by atoms with Gasteiger partial charge in [0.1, 0.15) is 30.4 Å². The molecule has 158 valence electrons. The van der Waals surface area contributed by atoms with E-state index in [9.17, 15) is 4.79 Å². The second kappa shape index (κ2) is 8.96. The van der Waals surface area contributed by atoms with E-state index in [1.165, 1.54) is 0 Å². The van der Waals surface area contributed by atoms with Crippen LogP contribution in [-0.4, -0.2) is 30.6 Å². The molecule has 1 aliphatic heterocycles. The minimum atomic E-state index is -0.700. The summed E-state index contributed by atoms with van der Waals surface area (Å²) in [5.41, 5.74) is 1.76. The Bertz CT molecular complexity index is 1050. The van der Waals surface area contributed by atoms with Crippen molar-refractivity contribution >= 4 is 11.6 Å². The predicted octanol–water partition coefficient (Wildman–Crippen LogP) is 5.07. The zero-order chi connectivity index (χ0) is 21.7. The van der Waals surface area contributed by atoms with Gasteiger partial charge in [0.25, 0.3) is 5.91 Å². The van der Waals surface area contributed by atoms with Gasteiger partial charge in [-0.3, -0.25) is 4.79 Å². The molecule has 3 aromatic rings. The Morgan fingerprint density at radius 3 is 2.19 bits per heavy atom. The first-order valence-electron chi connectivity index (χ1n) is 10.3. The maximum absolute atomic E-state index is 13.2. The molecule has 0 saturated heterocycles. The number of anilines is 1. The number of ether oxygens (including phenoxy) is 2. The molecule has 1 heterocycles. The van der Waals surface area contributed by atoms with Crippen LogP contribution in [0, 0.1) is 0 Å². The highest BCUT2D eigenvalue weighted by molar-refractivity contribution is 6.02. The van der Waals surface area contributed by atoms with Gasteiger partial charge in [0.2, 0.25) is 0 Å². The molecule has 31 heavy (non-hydrogen) atoms. The number of nitrogens with zero attached hydrogens (tertiary/aromatic N) is 1. The number of hydrogen-bond acceptors (Lipinski definition) is 4. The summed E-state index contributed by atoms with van der Waals surface area (Å²) >= 11 is 0. The van der Waals surface area contributed by atoms with Crippen molar-refractivity contribution in [1.29, 1.82) is 0 Å². The lowest BCUT2D eigenvalue weighted by atomic mass is 9.93. The number of carbonyl (C=O) groups excluding carboxylic acids is 1. The molecule has 3 aromatic carbocycles. The van der Waals surface area contributed by atoms with E-state index >= 15 is 0 Å². The van der Waals surface area contributed by atoms with E-state index in [2.05, 4.69) is 11.9 Å². The molecule has 1 amide bonds. The first-order chi connectivity index (χ1) is 15.1. The van der Waals surface area contributed by atoms with Gasteiger partial charge in [-0.25, -0.2) is 0 Å². The Morgan fingerprint density at radius 2 is 1.52 bits per heavy atom. The largest absolute Gasteiger partial charge is 0.490 e. The fourth-order valence-electron chi connectivity index (χ4n) is 3.79. The molecule has 0 bridgehead atoms. The zero-order valence-electron chi connectivity index (χ0n) is 17.6. The van der Waals surface area contributed by atoms with E-state index in [0.717, 1.165) is 22.7 Å². The van der Waals surface area contributed by atoms with Crippen LogP contribution in [-0.2, 0) is 5.66 Å². The van der Waals surface area contributed by atoms with Crippen LogP contribution in [0.5, 0.6) is 11.5 Å². The fraction of sp³-hybridized carbons (Fsp3) is 0.192. The van der Waals surface area contributed by atoms with E-state index in [1.807, 2.05) is 85.8 Å². The minimum absolute atomic E-state index is 0.0184. The Kier molecular flexibility index (Phi) is 5.94. The number of carbonyl (C=O) groups is 1. The van der Waals surface area contributed by atoms with Crippen LogP contribution in [0.25, 0.3) is 0 Å². The predicted molar refractivity (Wildman–Crippen MR) is 123 cm³/mol. The van der Waals surface area contributed by atoms with Crippen molar-refractivity contribution in [3.8, 4) is 11.5 Å². The summed E-state index contributed by atoms with van der Waals surface area (Å²) in [4.78, 5) is 15.0. The Morgan fingerprint density at radius 1 is 0.903 bits per heavy atom. The number of nitrogens with one attached hydrogen (secondary N) is 1. The van der Waals surface area contributed by atoms with Crippen molar-refractivity contribution in [2.75, 3.05) is 25.1 Å². The van der Waals surface area contributed by atoms with E-state index < -0.39 is 5.66 Å². The first-order valence-corrected chi connectivity index (χ1v) is 10.3. The number of fused-ring (bicyclic) bond motifs is 1. The molecule has 4 rings (SSSR count). The topological polar surface area (TPSA) is 50.8 Å². The van der Waals surface area contributed by atoms with E-state index in [-0.39, 0.29) is 5.91 Å². The third-order valence-electron chi connectivity index (χ3n) is 5.41. The summed E-state index contributed by atoms with van der Waals surface area (Å²) < 4.78 is 11.5. The lowest BCUT2D eigenvalue weighted by Crippen LogP contribution is -2.55. The smallest absolute Gasteiger partial charge is 0.258 e. The van der Waals surface area contributed by atoms with Crippen LogP contribution in [0.1, 0.15) is 22.8 Å². The summed E-state index contributed by atoms with van der Waals surface area (Å²) in [6.07, 6.45) is 1.75. The highest BCUT2D eigenvalue weighted by atomic mass is 16.5. The Hall–Kier alpha value is -3.73. The van der Waals surface area contributed by atoms with Gasteiger partial charge < -0.3 is 19.7 Å². The minimum Gasteiger partial charge on any atom is -0.490 e. The molecule has 0 radical (unpaired) electrons. The summed E-state index contributed by atoms with van der Waals surface area (Å²) in [6, 6.07) is 25.0. The second-order valence-electron chi connectivity index (χ2n) is 7.48. The normalized spacial score (nSPS) is 17.5. The maximum Gasteiger partial charge on any atom is 0.258 e. The van der Waals surface area contributed by atoms with Gasteiger partial charge >= 0.3 is 0 Å². The highest BCUT2D eigenvalue weighted by Crippen LogP contribution is 2.38. The molecule has 0 spiro atoms. The molecule has 0 aliphatic carbocycles. The van der Waals surface area contributed by atoms with E-state index in [4.69, 9.17) is 9.47 Å². The van der Waals surface area contributed by atoms with Crippen LogP contribution >= 0.6 is 0 Å². The van der Waals surface area contributed by atoms with Crippen LogP contribution in [0.2, 0.25) is 0 Å². The standard InChI is InChI=1S/C26H26N2O3/c1-3-17-28-25(29)23-11-7-8-12-24(23)27-26(28,2)20-13-15-22(16-14-20)31-19-18-30-21-9-5-4-6-10-21/h3-16,27H,1,17-19H2,2H3. The molecule has 5 nitrogen and oxygen atoms in total. The average Bonchev–Trinajstić information content (AvgIpc) is 2.80. The van der Waals surface area contributed by atoms with Crippen LogP contribution < -0.4 is 14.8 Å².